The quantitative estimate of drug-likeness (QED) is 0.531. The van der Waals surface area contributed by atoms with Gasteiger partial charge in [0.05, 0.1) is 4.92 Å². The van der Waals surface area contributed by atoms with Gasteiger partial charge in [-0.25, -0.2) is 0 Å². The standard InChI is InChI=1S/C14H11ClN2O3/c15-9-10-2-1-3-11(8-10)14(18)16-12-4-6-13(7-5-12)17(19)20/h1-8H,9H2,(H,16,18). The number of nitro groups is 1. The Labute approximate surface area is 120 Å². The third-order valence-electron chi connectivity index (χ3n) is 2.68. The summed E-state index contributed by atoms with van der Waals surface area (Å²) in [4.78, 5) is 22.1. The molecule has 102 valence electrons. The van der Waals surface area contributed by atoms with Gasteiger partial charge < -0.3 is 5.32 Å². The first-order valence-corrected chi connectivity index (χ1v) is 6.34. The Morgan fingerprint density at radius 2 is 1.90 bits per heavy atom. The highest BCUT2D eigenvalue weighted by Crippen LogP contribution is 2.16. The topological polar surface area (TPSA) is 72.2 Å². The van der Waals surface area contributed by atoms with Gasteiger partial charge in [0.25, 0.3) is 11.6 Å². The average Bonchev–Trinajstić information content (AvgIpc) is 2.47. The molecule has 6 heteroatoms. The van der Waals surface area contributed by atoms with Crippen LogP contribution in [-0.4, -0.2) is 10.8 Å². The summed E-state index contributed by atoms with van der Waals surface area (Å²) < 4.78 is 0. The van der Waals surface area contributed by atoms with Crippen LogP contribution in [0.25, 0.3) is 0 Å². The SMILES string of the molecule is O=C(Nc1ccc([N+](=O)[O-])cc1)c1cccc(CCl)c1. The lowest BCUT2D eigenvalue weighted by molar-refractivity contribution is -0.384. The van der Waals surface area contributed by atoms with E-state index in [1.165, 1.54) is 24.3 Å². The molecule has 5 nitrogen and oxygen atoms in total. The van der Waals surface area contributed by atoms with Gasteiger partial charge in [-0.05, 0) is 29.8 Å². The van der Waals surface area contributed by atoms with E-state index in [9.17, 15) is 14.9 Å². The van der Waals surface area contributed by atoms with Crippen LogP contribution in [0.4, 0.5) is 11.4 Å². The number of anilines is 1. The third-order valence-corrected chi connectivity index (χ3v) is 2.99. The maximum absolute atomic E-state index is 12.0. The Hall–Kier alpha value is -2.40. The zero-order chi connectivity index (χ0) is 14.5. The number of nitrogens with zero attached hydrogens (tertiary/aromatic N) is 1. The number of hydrogen-bond acceptors (Lipinski definition) is 3. The van der Waals surface area contributed by atoms with Crippen LogP contribution in [0.5, 0.6) is 0 Å². The van der Waals surface area contributed by atoms with Gasteiger partial charge >= 0.3 is 0 Å². The molecule has 0 saturated heterocycles. The minimum absolute atomic E-state index is 0.0212. The fraction of sp³-hybridized carbons (Fsp3) is 0.0714. The summed E-state index contributed by atoms with van der Waals surface area (Å²) >= 11 is 5.72. The van der Waals surface area contributed by atoms with Crippen molar-refractivity contribution in [1.82, 2.24) is 0 Å². The molecule has 0 saturated carbocycles. The number of rotatable bonds is 4. The molecule has 0 aromatic heterocycles. The van der Waals surface area contributed by atoms with Gasteiger partial charge in [0.2, 0.25) is 0 Å². The van der Waals surface area contributed by atoms with E-state index in [0.29, 0.717) is 17.1 Å². The van der Waals surface area contributed by atoms with Gasteiger partial charge in [0.1, 0.15) is 0 Å². The largest absolute Gasteiger partial charge is 0.322 e. The first-order chi connectivity index (χ1) is 9.60. The number of hydrogen-bond donors (Lipinski definition) is 1. The normalized spacial score (nSPS) is 10.1. The van der Waals surface area contributed by atoms with Crippen molar-refractivity contribution in [2.24, 2.45) is 0 Å². The molecule has 0 aliphatic rings. The predicted molar refractivity (Wildman–Crippen MR) is 77.0 cm³/mol. The minimum atomic E-state index is -0.491. The maximum Gasteiger partial charge on any atom is 0.269 e. The summed E-state index contributed by atoms with van der Waals surface area (Å²) in [6, 6.07) is 12.6. The van der Waals surface area contributed by atoms with Crippen LogP contribution in [-0.2, 0) is 5.88 Å². The second-order valence-electron chi connectivity index (χ2n) is 4.09. The van der Waals surface area contributed by atoms with Crippen molar-refractivity contribution in [3.05, 3.63) is 69.8 Å². The van der Waals surface area contributed by atoms with Crippen LogP contribution in [0.1, 0.15) is 15.9 Å². The molecule has 0 bridgehead atoms. The van der Waals surface area contributed by atoms with Crippen molar-refractivity contribution in [2.45, 2.75) is 5.88 Å². The number of benzene rings is 2. The Morgan fingerprint density at radius 1 is 1.20 bits per heavy atom. The maximum atomic E-state index is 12.0. The van der Waals surface area contributed by atoms with E-state index in [-0.39, 0.29) is 11.6 Å². The molecule has 2 rings (SSSR count). The summed E-state index contributed by atoms with van der Waals surface area (Å²) in [5, 5.41) is 13.2. The van der Waals surface area contributed by atoms with Crippen LogP contribution in [0, 0.1) is 10.1 Å². The number of halogens is 1. The Balaban J connectivity index is 2.12. The molecule has 0 fully saturated rings. The van der Waals surface area contributed by atoms with E-state index in [0.717, 1.165) is 5.56 Å². The molecule has 1 amide bonds. The van der Waals surface area contributed by atoms with Gasteiger partial charge in [-0.2, -0.15) is 0 Å². The Kier molecular flexibility index (Phi) is 4.32. The number of carbonyl (C=O) groups is 1. The Morgan fingerprint density at radius 3 is 2.50 bits per heavy atom. The molecule has 0 atom stereocenters. The van der Waals surface area contributed by atoms with Crippen molar-refractivity contribution < 1.29 is 9.72 Å². The lowest BCUT2D eigenvalue weighted by Gasteiger charge is -2.06. The summed E-state index contributed by atoms with van der Waals surface area (Å²) in [6.45, 7) is 0. The molecular weight excluding hydrogens is 280 g/mol. The summed E-state index contributed by atoms with van der Waals surface area (Å²) in [5.74, 6) is 0.0457. The number of amides is 1. The monoisotopic (exact) mass is 290 g/mol. The van der Waals surface area contributed by atoms with Crippen LogP contribution < -0.4 is 5.32 Å². The predicted octanol–water partition coefficient (Wildman–Crippen LogP) is 3.59. The molecule has 1 N–H and O–H groups in total. The van der Waals surface area contributed by atoms with Crippen LogP contribution >= 0.6 is 11.6 Å². The number of alkyl halides is 1. The fourth-order valence-corrected chi connectivity index (χ4v) is 1.83. The van der Waals surface area contributed by atoms with Crippen molar-refractivity contribution in [3.63, 3.8) is 0 Å². The van der Waals surface area contributed by atoms with Gasteiger partial charge in [-0.1, -0.05) is 12.1 Å². The molecule has 0 aliphatic heterocycles. The molecule has 0 aliphatic carbocycles. The molecular formula is C14H11ClN2O3. The van der Waals surface area contributed by atoms with Gasteiger partial charge in [0, 0.05) is 29.3 Å². The van der Waals surface area contributed by atoms with E-state index in [1.54, 1.807) is 18.2 Å². The third kappa shape index (κ3) is 3.33. The summed E-state index contributed by atoms with van der Waals surface area (Å²) in [7, 11) is 0. The van der Waals surface area contributed by atoms with E-state index in [2.05, 4.69) is 5.32 Å². The minimum Gasteiger partial charge on any atom is -0.322 e. The molecule has 2 aromatic carbocycles. The fourth-order valence-electron chi connectivity index (χ4n) is 1.67. The molecule has 0 spiro atoms. The van der Waals surface area contributed by atoms with E-state index in [4.69, 9.17) is 11.6 Å². The van der Waals surface area contributed by atoms with Crippen molar-refractivity contribution in [3.8, 4) is 0 Å². The summed E-state index contributed by atoms with van der Waals surface area (Å²) in [6.07, 6.45) is 0. The lowest BCUT2D eigenvalue weighted by Crippen LogP contribution is -2.12. The Bertz CT molecular complexity index is 641. The number of nitro benzene ring substituents is 1. The molecule has 0 heterocycles. The highest BCUT2D eigenvalue weighted by Gasteiger charge is 2.08. The smallest absolute Gasteiger partial charge is 0.269 e. The van der Waals surface area contributed by atoms with Crippen molar-refractivity contribution in [2.75, 3.05) is 5.32 Å². The van der Waals surface area contributed by atoms with Crippen molar-refractivity contribution >= 4 is 28.9 Å². The molecule has 2 aromatic rings. The van der Waals surface area contributed by atoms with Gasteiger partial charge in [-0.3, -0.25) is 14.9 Å². The zero-order valence-corrected chi connectivity index (χ0v) is 11.1. The molecule has 0 radical (unpaired) electrons. The second-order valence-corrected chi connectivity index (χ2v) is 4.36. The highest BCUT2D eigenvalue weighted by atomic mass is 35.5. The first-order valence-electron chi connectivity index (χ1n) is 5.81. The van der Waals surface area contributed by atoms with Crippen molar-refractivity contribution in [1.29, 1.82) is 0 Å². The number of non-ortho nitro benzene ring substituents is 1. The number of nitrogens with one attached hydrogen (secondary N) is 1. The zero-order valence-electron chi connectivity index (χ0n) is 10.4. The second kappa shape index (κ2) is 6.16. The van der Waals surface area contributed by atoms with E-state index < -0.39 is 4.92 Å². The highest BCUT2D eigenvalue weighted by molar-refractivity contribution is 6.17. The average molecular weight is 291 g/mol. The van der Waals surface area contributed by atoms with Crippen LogP contribution in [0.3, 0.4) is 0 Å². The number of carbonyl (C=O) groups excluding carboxylic acids is 1. The lowest BCUT2D eigenvalue weighted by atomic mass is 10.1. The van der Waals surface area contributed by atoms with E-state index in [1.807, 2.05) is 6.07 Å². The van der Waals surface area contributed by atoms with E-state index >= 15 is 0 Å². The van der Waals surface area contributed by atoms with Crippen LogP contribution in [0.2, 0.25) is 0 Å². The van der Waals surface area contributed by atoms with Gasteiger partial charge in [0.15, 0.2) is 0 Å². The first kappa shape index (κ1) is 14.0. The summed E-state index contributed by atoms with van der Waals surface area (Å²) in [5.41, 5.74) is 1.81. The molecule has 0 unspecified atom stereocenters. The van der Waals surface area contributed by atoms with Crippen LogP contribution in [0.15, 0.2) is 48.5 Å². The van der Waals surface area contributed by atoms with Gasteiger partial charge in [-0.15, -0.1) is 11.6 Å². The molecule has 20 heavy (non-hydrogen) atoms.